The molecule has 0 spiro atoms. The molecule has 0 aliphatic carbocycles. The van der Waals surface area contributed by atoms with Crippen molar-refractivity contribution in [1.82, 2.24) is 4.98 Å². The van der Waals surface area contributed by atoms with E-state index in [4.69, 9.17) is 9.84 Å². The number of aliphatic hydroxyl groups excluding tert-OH is 1. The molecule has 0 saturated heterocycles. The number of hydrogen-bond acceptors (Lipinski definition) is 3. The van der Waals surface area contributed by atoms with Gasteiger partial charge in [0.1, 0.15) is 0 Å². The predicted octanol–water partition coefficient (Wildman–Crippen LogP) is 3.08. The van der Waals surface area contributed by atoms with Crippen LogP contribution in [0.3, 0.4) is 0 Å². The molecule has 110 valence electrons. The Balaban J connectivity index is 1.83. The van der Waals surface area contributed by atoms with Crippen molar-refractivity contribution < 1.29 is 9.84 Å². The van der Waals surface area contributed by atoms with Crippen LogP contribution >= 0.6 is 0 Å². The van der Waals surface area contributed by atoms with Crippen LogP contribution in [-0.2, 0) is 11.2 Å². The van der Waals surface area contributed by atoms with E-state index in [1.54, 1.807) is 13.1 Å². The fourth-order valence-electron chi connectivity index (χ4n) is 1.98. The summed E-state index contributed by atoms with van der Waals surface area (Å²) >= 11 is 0. The lowest BCUT2D eigenvalue weighted by atomic mass is 10.0. The minimum absolute atomic E-state index is 0.369. The average molecular weight is 283 g/mol. The van der Waals surface area contributed by atoms with Crippen LogP contribution in [-0.4, -0.2) is 29.4 Å². The van der Waals surface area contributed by atoms with Crippen LogP contribution in [0.4, 0.5) is 0 Å². The van der Waals surface area contributed by atoms with Gasteiger partial charge in [-0.2, -0.15) is 0 Å². The molecule has 1 atom stereocenters. The zero-order chi connectivity index (χ0) is 14.9. The second-order valence-electron chi connectivity index (χ2n) is 5.07. The number of aromatic nitrogens is 1. The van der Waals surface area contributed by atoms with Gasteiger partial charge in [-0.3, -0.25) is 4.98 Å². The van der Waals surface area contributed by atoms with Gasteiger partial charge in [0.05, 0.1) is 19.3 Å². The molecule has 0 amide bonds. The standard InChI is InChI=1S/C18H21NO2/c1-15(20)14-21-11-3-5-16-6-8-17(9-7-16)12-18-4-2-10-19-13-18/h2-10,13,15,20H,11-12,14H2,1H3. The molecule has 1 unspecified atom stereocenters. The highest BCUT2D eigenvalue weighted by molar-refractivity contribution is 5.50. The third-order valence-corrected chi connectivity index (χ3v) is 2.99. The molecule has 1 aromatic carbocycles. The van der Waals surface area contributed by atoms with Gasteiger partial charge < -0.3 is 9.84 Å². The summed E-state index contributed by atoms with van der Waals surface area (Å²) in [5, 5.41) is 9.07. The van der Waals surface area contributed by atoms with E-state index in [1.165, 1.54) is 11.1 Å². The molecule has 1 heterocycles. The zero-order valence-electron chi connectivity index (χ0n) is 12.3. The molecule has 0 fully saturated rings. The second kappa shape index (κ2) is 8.35. The molecule has 21 heavy (non-hydrogen) atoms. The molecule has 0 bridgehead atoms. The van der Waals surface area contributed by atoms with Crippen molar-refractivity contribution in [2.24, 2.45) is 0 Å². The lowest BCUT2D eigenvalue weighted by Gasteiger charge is -2.03. The number of benzene rings is 1. The van der Waals surface area contributed by atoms with Crippen molar-refractivity contribution in [2.75, 3.05) is 13.2 Å². The van der Waals surface area contributed by atoms with Crippen molar-refractivity contribution >= 4 is 6.08 Å². The fraction of sp³-hybridized carbons (Fsp3) is 0.278. The van der Waals surface area contributed by atoms with Crippen molar-refractivity contribution in [3.8, 4) is 0 Å². The maximum atomic E-state index is 9.07. The van der Waals surface area contributed by atoms with Gasteiger partial charge >= 0.3 is 0 Å². The minimum Gasteiger partial charge on any atom is -0.391 e. The van der Waals surface area contributed by atoms with Crippen LogP contribution in [0.15, 0.2) is 54.9 Å². The lowest BCUT2D eigenvalue weighted by molar-refractivity contribution is 0.0600. The predicted molar refractivity (Wildman–Crippen MR) is 85.0 cm³/mol. The van der Waals surface area contributed by atoms with Gasteiger partial charge in [0, 0.05) is 12.4 Å². The Labute approximate surface area is 125 Å². The van der Waals surface area contributed by atoms with Gasteiger partial charge in [-0.1, -0.05) is 42.5 Å². The second-order valence-corrected chi connectivity index (χ2v) is 5.07. The summed E-state index contributed by atoms with van der Waals surface area (Å²) in [6.07, 6.45) is 8.15. The molecule has 0 aliphatic rings. The monoisotopic (exact) mass is 283 g/mol. The minimum atomic E-state index is -0.412. The summed E-state index contributed by atoms with van der Waals surface area (Å²) in [6, 6.07) is 12.5. The SMILES string of the molecule is CC(O)COCC=Cc1ccc(Cc2cccnc2)cc1. The highest BCUT2D eigenvalue weighted by Gasteiger charge is 1.96. The highest BCUT2D eigenvalue weighted by Crippen LogP contribution is 2.11. The van der Waals surface area contributed by atoms with Crippen LogP contribution in [0, 0.1) is 0 Å². The zero-order valence-corrected chi connectivity index (χ0v) is 12.3. The van der Waals surface area contributed by atoms with Crippen LogP contribution in [0.2, 0.25) is 0 Å². The van der Waals surface area contributed by atoms with Crippen LogP contribution in [0.5, 0.6) is 0 Å². The van der Waals surface area contributed by atoms with E-state index in [0.29, 0.717) is 13.2 Å². The molecule has 1 aromatic heterocycles. The molecule has 0 aliphatic heterocycles. The van der Waals surface area contributed by atoms with E-state index in [1.807, 2.05) is 24.4 Å². The molecular formula is C18H21NO2. The smallest absolute Gasteiger partial charge is 0.0745 e. The molecule has 1 N–H and O–H groups in total. The number of pyridine rings is 1. The average Bonchev–Trinajstić information content (AvgIpc) is 2.49. The summed E-state index contributed by atoms with van der Waals surface area (Å²) in [4.78, 5) is 4.13. The van der Waals surface area contributed by atoms with Gasteiger partial charge in [-0.05, 0) is 36.1 Å². The number of rotatable bonds is 7. The summed E-state index contributed by atoms with van der Waals surface area (Å²) in [6.45, 7) is 2.60. The maximum absolute atomic E-state index is 9.07. The van der Waals surface area contributed by atoms with E-state index in [0.717, 1.165) is 12.0 Å². The Morgan fingerprint density at radius 1 is 1.19 bits per heavy atom. The maximum Gasteiger partial charge on any atom is 0.0745 e. The van der Waals surface area contributed by atoms with Gasteiger partial charge in [0.15, 0.2) is 0 Å². The normalized spacial score (nSPS) is 12.7. The molecule has 2 aromatic rings. The Morgan fingerprint density at radius 2 is 2.00 bits per heavy atom. The first-order chi connectivity index (χ1) is 10.2. The first-order valence-electron chi connectivity index (χ1n) is 7.14. The van der Waals surface area contributed by atoms with E-state index in [9.17, 15) is 0 Å². The quantitative estimate of drug-likeness (QED) is 0.794. The third-order valence-electron chi connectivity index (χ3n) is 2.99. The van der Waals surface area contributed by atoms with Gasteiger partial charge in [-0.15, -0.1) is 0 Å². The fourth-order valence-corrected chi connectivity index (χ4v) is 1.98. The Morgan fingerprint density at radius 3 is 2.67 bits per heavy atom. The van der Waals surface area contributed by atoms with E-state index in [-0.39, 0.29) is 0 Å². The molecule has 0 saturated carbocycles. The van der Waals surface area contributed by atoms with Crippen molar-refractivity contribution in [3.05, 3.63) is 71.6 Å². The Hall–Kier alpha value is -1.97. The summed E-state index contributed by atoms with van der Waals surface area (Å²) in [7, 11) is 0. The Kier molecular flexibility index (Phi) is 6.13. The number of nitrogens with zero attached hydrogens (tertiary/aromatic N) is 1. The lowest BCUT2D eigenvalue weighted by Crippen LogP contribution is -2.09. The summed E-state index contributed by atoms with van der Waals surface area (Å²) in [5.41, 5.74) is 3.63. The van der Waals surface area contributed by atoms with Crippen molar-refractivity contribution in [2.45, 2.75) is 19.4 Å². The summed E-state index contributed by atoms with van der Waals surface area (Å²) < 4.78 is 5.28. The first-order valence-corrected chi connectivity index (χ1v) is 7.14. The molecule has 3 nitrogen and oxygen atoms in total. The summed E-state index contributed by atoms with van der Waals surface area (Å²) in [5.74, 6) is 0. The number of aliphatic hydroxyl groups is 1. The molecular weight excluding hydrogens is 262 g/mol. The molecule has 0 radical (unpaired) electrons. The highest BCUT2D eigenvalue weighted by atomic mass is 16.5. The molecule has 3 heteroatoms. The topological polar surface area (TPSA) is 42.4 Å². The van der Waals surface area contributed by atoms with Gasteiger partial charge in [0.2, 0.25) is 0 Å². The van der Waals surface area contributed by atoms with Gasteiger partial charge in [0.25, 0.3) is 0 Å². The Bertz CT molecular complexity index is 547. The van der Waals surface area contributed by atoms with Crippen molar-refractivity contribution in [1.29, 1.82) is 0 Å². The molecule has 2 rings (SSSR count). The van der Waals surface area contributed by atoms with Crippen molar-refractivity contribution in [3.63, 3.8) is 0 Å². The third kappa shape index (κ3) is 5.90. The first kappa shape index (κ1) is 15.4. The van der Waals surface area contributed by atoms with Crippen LogP contribution < -0.4 is 0 Å². The van der Waals surface area contributed by atoms with Gasteiger partial charge in [-0.25, -0.2) is 0 Å². The van der Waals surface area contributed by atoms with Crippen LogP contribution in [0.1, 0.15) is 23.6 Å². The number of ether oxygens (including phenoxy) is 1. The largest absolute Gasteiger partial charge is 0.391 e. The van der Waals surface area contributed by atoms with Crippen LogP contribution in [0.25, 0.3) is 6.08 Å². The van der Waals surface area contributed by atoms with E-state index in [2.05, 4.69) is 35.3 Å². The number of hydrogen-bond donors (Lipinski definition) is 1. The van der Waals surface area contributed by atoms with E-state index >= 15 is 0 Å². The van der Waals surface area contributed by atoms with E-state index < -0.39 is 6.10 Å².